The predicted octanol–water partition coefficient (Wildman–Crippen LogP) is -0.605. The molecule has 0 amide bonds. The molecule has 0 aromatic heterocycles. The van der Waals surface area contributed by atoms with E-state index < -0.39 is 0 Å². The molecule has 0 saturated carbocycles. The van der Waals surface area contributed by atoms with Gasteiger partial charge in [0.2, 0.25) is 0 Å². The SMILES string of the molecule is NB1CCOO1. The first-order valence-corrected chi connectivity index (χ1v) is 1.93. The van der Waals surface area contributed by atoms with Crippen molar-refractivity contribution in [3.8, 4) is 0 Å². The van der Waals surface area contributed by atoms with Crippen LogP contribution in [0.1, 0.15) is 0 Å². The van der Waals surface area contributed by atoms with Crippen LogP contribution >= 0.6 is 0 Å². The van der Waals surface area contributed by atoms with Crippen LogP contribution in [-0.2, 0) is 9.69 Å². The van der Waals surface area contributed by atoms with Gasteiger partial charge in [0.15, 0.2) is 0 Å². The van der Waals surface area contributed by atoms with Gasteiger partial charge in [-0.1, -0.05) is 0 Å². The molecule has 0 unspecified atom stereocenters. The van der Waals surface area contributed by atoms with Gasteiger partial charge in [-0.3, -0.25) is 9.69 Å². The molecule has 1 aliphatic rings. The van der Waals surface area contributed by atoms with Gasteiger partial charge in [-0.2, -0.15) is 0 Å². The summed E-state index contributed by atoms with van der Waals surface area (Å²) in [5.74, 6) is 0. The van der Waals surface area contributed by atoms with Crippen molar-refractivity contribution >= 4 is 7.05 Å². The van der Waals surface area contributed by atoms with Gasteiger partial charge in [-0.15, -0.1) is 0 Å². The van der Waals surface area contributed by atoms with Crippen LogP contribution in [0.5, 0.6) is 0 Å². The molecule has 4 heteroatoms. The fourth-order valence-electron chi connectivity index (χ4n) is 0.348. The zero-order chi connectivity index (χ0) is 4.41. The van der Waals surface area contributed by atoms with Gasteiger partial charge in [-0.25, -0.2) is 0 Å². The molecule has 1 fully saturated rings. The molecule has 3 nitrogen and oxygen atoms in total. The number of hydrogen-bond donors (Lipinski definition) is 1. The van der Waals surface area contributed by atoms with Crippen LogP contribution in [0, 0.1) is 0 Å². The lowest BCUT2D eigenvalue weighted by Gasteiger charge is -1.86. The van der Waals surface area contributed by atoms with E-state index in [0.29, 0.717) is 6.61 Å². The molecule has 1 saturated heterocycles. The summed E-state index contributed by atoms with van der Waals surface area (Å²) in [5, 5.41) is 0. The molecule has 0 aromatic rings. The predicted molar refractivity (Wildman–Crippen MR) is 21.8 cm³/mol. The van der Waals surface area contributed by atoms with E-state index in [4.69, 9.17) is 5.64 Å². The van der Waals surface area contributed by atoms with Crippen LogP contribution in [-0.4, -0.2) is 13.7 Å². The molecule has 0 spiro atoms. The summed E-state index contributed by atoms with van der Waals surface area (Å²) in [6.45, 7) is 0.640. The molecule has 0 atom stereocenters. The van der Waals surface area contributed by atoms with Crippen LogP contribution in [0.2, 0.25) is 6.32 Å². The molecular formula is C2H6BNO2. The van der Waals surface area contributed by atoms with Crippen LogP contribution < -0.4 is 5.64 Å². The maximum Gasteiger partial charge on any atom is 0.419 e. The Hall–Kier alpha value is -0.0551. The first-order chi connectivity index (χ1) is 2.89. The lowest BCUT2D eigenvalue weighted by atomic mass is 9.83. The molecule has 6 heavy (non-hydrogen) atoms. The summed E-state index contributed by atoms with van der Waals surface area (Å²) >= 11 is 0. The molecular weight excluding hydrogens is 80.8 g/mol. The zero-order valence-corrected chi connectivity index (χ0v) is 3.39. The van der Waals surface area contributed by atoms with E-state index in [9.17, 15) is 0 Å². The Balaban J connectivity index is 2.18. The molecule has 1 aliphatic heterocycles. The Bertz CT molecular complexity index is 44.8. The second-order valence-electron chi connectivity index (χ2n) is 1.25. The monoisotopic (exact) mass is 87.0 g/mol. The quantitative estimate of drug-likeness (QED) is 0.316. The van der Waals surface area contributed by atoms with Gasteiger partial charge in [0, 0.05) is 0 Å². The molecule has 34 valence electrons. The smallest absolute Gasteiger partial charge is 0.342 e. The Morgan fingerprint density at radius 2 is 2.50 bits per heavy atom. The Morgan fingerprint density at radius 1 is 1.67 bits per heavy atom. The maximum absolute atomic E-state index is 5.19. The summed E-state index contributed by atoms with van der Waals surface area (Å²) in [5.41, 5.74) is 5.19. The van der Waals surface area contributed by atoms with Gasteiger partial charge in [0.1, 0.15) is 0 Å². The van der Waals surface area contributed by atoms with Gasteiger partial charge >= 0.3 is 7.05 Å². The van der Waals surface area contributed by atoms with Crippen LogP contribution in [0.4, 0.5) is 0 Å². The Morgan fingerprint density at radius 3 is 2.67 bits per heavy atom. The standard InChI is InChI=1S/C2H6BNO2/c4-3-1-2-5-6-3/h1-2,4H2. The highest BCUT2D eigenvalue weighted by molar-refractivity contribution is 6.48. The fourth-order valence-corrected chi connectivity index (χ4v) is 0.348. The normalized spacial score (nSPS) is 22.5. The van der Waals surface area contributed by atoms with Gasteiger partial charge in [0.05, 0.1) is 6.61 Å². The van der Waals surface area contributed by atoms with Crippen LogP contribution in [0.25, 0.3) is 0 Å². The Labute approximate surface area is 36.5 Å². The minimum Gasteiger partial charge on any atom is -0.342 e. The minimum absolute atomic E-state index is 0.176. The third kappa shape index (κ3) is 0.709. The van der Waals surface area contributed by atoms with E-state index in [1.165, 1.54) is 0 Å². The zero-order valence-electron chi connectivity index (χ0n) is 3.39. The van der Waals surface area contributed by atoms with Crippen molar-refractivity contribution in [1.82, 2.24) is 0 Å². The highest BCUT2D eigenvalue weighted by Crippen LogP contribution is 1.98. The molecule has 2 N–H and O–H groups in total. The first kappa shape index (κ1) is 4.11. The largest absolute Gasteiger partial charge is 0.419 e. The van der Waals surface area contributed by atoms with Crippen molar-refractivity contribution < 1.29 is 9.69 Å². The Kier molecular flexibility index (Phi) is 1.09. The highest BCUT2D eigenvalue weighted by atomic mass is 17.2. The van der Waals surface area contributed by atoms with Crippen LogP contribution in [0.15, 0.2) is 0 Å². The average molecular weight is 86.9 g/mol. The third-order valence-electron chi connectivity index (χ3n) is 0.677. The third-order valence-corrected chi connectivity index (χ3v) is 0.677. The highest BCUT2D eigenvalue weighted by Gasteiger charge is 2.17. The van der Waals surface area contributed by atoms with Crippen molar-refractivity contribution in [2.45, 2.75) is 6.32 Å². The van der Waals surface area contributed by atoms with Gasteiger partial charge in [-0.05, 0) is 6.32 Å². The van der Waals surface area contributed by atoms with Gasteiger partial charge < -0.3 is 5.64 Å². The summed E-state index contributed by atoms with van der Waals surface area (Å²) in [6.07, 6.45) is 0.819. The maximum atomic E-state index is 5.19. The van der Waals surface area contributed by atoms with Crippen molar-refractivity contribution in [2.24, 2.45) is 5.64 Å². The van der Waals surface area contributed by atoms with E-state index >= 15 is 0 Å². The number of nitrogens with two attached hydrogens (primary N) is 1. The van der Waals surface area contributed by atoms with E-state index in [-0.39, 0.29) is 7.05 Å². The lowest BCUT2D eigenvalue weighted by Crippen LogP contribution is -2.23. The fraction of sp³-hybridized carbons (Fsp3) is 1.00. The lowest BCUT2D eigenvalue weighted by molar-refractivity contribution is -0.185. The molecule has 0 aromatic carbocycles. The van der Waals surface area contributed by atoms with E-state index in [1.54, 1.807) is 0 Å². The van der Waals surface area contributed by atoms with E-state index in [1.807, 2.05) is 0 Å². The minimum atomic E-state index is -0.176. The summed E-state index contributed by atoms with van der Waals surface area (Å²) in [6, 6.07) is 0. The van der Waals surface area contributed by atoms with E-state index in [2.05, 4.69) is 9.69 Å². The number of rotatable bonds is 0. The molecule has 0 bridgehead atoms. The molecule has 1 heterocycles. The van der Waals surface area contributed by atoms with Crippen LogP contribution in [0.3, 0.4) is 0 Å². The average Bonchev–Trinajstić information content (AvgIpc) is 1.86. The number of hydrogen-bond acceptors (Lipinski definition) is 3. The van der Waals surface area contributed by atoms with Gasteiger partial charge in [0.25, 0.3) is 0 Å². The van der Waals surface area contributed by atoms with E-state index in [0.717, 1.165) is 6.32 Å². The van der Waals surface area contributed by atoms with Crippen molar-refractivity contribution in [3.05, 3.63) is 0 Å². The second-order valence-corrected chi connectivity index (χ2v) is 1.25. The second kappa shape index (κ2) is 1.60. The summed E-state index contributed by atoms with van der Waals surface area (Å²) < 4.78 is 0. The first-order valence-electron chi connectivity index (χ1n) is 1.93. The van der Waals surface area contributed by atoms with Crippen molar-refractivity contribution in [3.63, 3.8) is 0 Å². The summed E-state index contributed by atoms with van der Waals surface area (Å²) in [7, 11) is -0.176. The van der Waals surface area contributed by atoms with Crippen molar-refractivity contribution in [2.75, 3.05) is 6.61 Å². The molecule has 0 radical (unpaired) electrons. The summed E-state index contributed by atoms with van der Waals surface area (Å²) in [4.78, 5) is 8.86. The molecule has 1 rings (SSSR count). The topological polar surface area (TPSA) is 44.5 Å². The molecule has 0 aliphatic carbocycles. The van der Waals surface area contributed by atoms with Crippen molar-refractivity contribution in [1.29, 1.82) is 0 Å².